The van der Waals surface area contributed by atoms with Crippen LogP contribution < -0.4 is 69.2 Å². The molecule has 0 atom stereocenters. The zero-order valence-electron chi connectivity index (χ0n) is 31.9. The average Bonchev–Trinajstić information content (AvgIpc) is 3.70. The van der Waals surface area contributed by atoms with E-state index in [9.17, 15) is 0 Å². The molecular formula is C42H55I2LaN2OP2Si2. The molecule has 0 saturated carbocycles. The molecule has 0 unspecified atom stereocenters. The second-order valence-electron chi connectivity index (χ2n) is 14.3. The first-order valence-corrected chi connectivity index (χ1v) is 27.9. The van der Waals surface area contributed by atoms with Gasteiger partial charge in [0.05, 0.1) is 0 Å². The van der Waals surface area contributed by atoms with Crippen molar-refractivity contribution in [3.63, 3.8) is 0 Å². The molecule has 1 saturated heterocycles. The zero-order valence-corrected chi connectivity index (χ0v) is 43.6. The van der Waals surface area contributed by atoms with Crippen LogP contribution in [0, 0.1) is 42.5 Å². The van der Waals surface area contributed by atoms with Gasteiger partial charge in [-0.1, -0.05) is 210 Å². The molecule has 0 spiro atoms. The van der Waals surface area contributed by atoms with Crippen LogP contribution >= 0.6 is 14.1 Å². The summed E-state index contributed by atoms with van der Waals surface area (Å²) < 4.78 is 16.8. The van der Waals surface area contributed by atoms with Crippen LogP contribution in [0.4, 0.5) is 0 Å². The predicted octanol–water partition coefficient (Wildman–Crippen LogP) is 5.03. The average molecular weight is 1110 g/mol. The Bertz CT molecular complexity index is 1710. The Morgan fingerprint density at radius 3 is 1.12 bits per heavy atom. The minimum absolute atomic E-state index is 0. The van der Waals surface area contributed by atoms with E-state index in [0.717, 1.165) is 13.2 Å². The second-order valence-corrected chi connectivity index (χ2v) is 30.4. The van der Waals surface area contributed by atoms with Gasteiger partial charge >= 0.3 is 35.6 Å². The van der Waals surface area contributed by atoms with Gasteiger partial charge in [0, 0.05) is 20.3 Å². The van der Waals surface area contributed by atoms with Gasteiger partial charge in [0.2, 0.25) is 0 Å². The van der Waals surface area contributed by atoms with Gasteiger partial charge in [0.25, 0.3) is 0 Å². The van der Waals surface area contributed by atoms with Gasteiger partial charge in [-0.15, -0.1) is 7.04 Å². The molecule has 1 aliphatic rings. The summed E-state index contributed by atoms with van der Waals surface area (Å²) >= 11 is 0. The number of hydrogen-bond donors (Lipinski definition) is 0. The number of benzene rings is 5. The van der Waals surface area contributed by atoms with Crippen molar-refractivity contribution in [3.8, 4) is 0 Å². The maximum Gasteiger partial charge on any atom is 3.00 e. The van der Waals surface area contributed by atoms with Crippen LogP contribution in [0.2, 0.25) is 39.3 Å². The fourth-order valence-corrected chi connectivity index (χ4v) is 23.6. The molecule has 5 aromatic rings. The summed E-state index contributed by atoms with van der Waals surface area (Å²) in [7, 11) is -8.42. The van der Waals surface area contributed by atoms with E-state index in [4.69, 9.17) is 13.9 Å². The van der Waals surface area contributed by atoms with Gasteiger partial charge < -0.3 is 61.9 Å². The van der Waals surface area contributed by atoms with E-state index in [-0.39, 0.29) is 83.6 Å². The molecule has 0 N–H and O–H groups in total. The summed E-state index contributed by atoms with van der Waals surface area (Å²) in [4.78, 5) is 0. The van der Waals surface area contributed by atoms with Crippen molar-refractivity contribution < 1.29 is 88.3 Å². The Balaban J connectivity index is 0.000000761. The van der Waals surface area contributed by atoms with Crippen molar-refractivity contribution in [1.82, 2.24) is 0 Å². The third-order valence-electron chi connectivity index (χ3n) is 7.62. The molecule has 1 heterocycles. The maximum atomic E-state index is 5.92. The number of hydrogen-bond acceptors (Lipinski definition) is 2. The second kappa shape index (κ2) is 24.3. The largest absolute Gasteiger partial charge is 3.00 e. The van der Waals surface area contributed by atoms with E-state index in [2.05, 4.69) is 185 Å². The molecule has 0 bridgehead atoms. The molecule has 0 radical (unpaired) electrons. The molecule has 0 aliphatic carbocycles. The van der Waals surface area contributed by atoms with E-state index in [1.807, 2.05) is 18.2 Å². The van der Waals surface area contributed by atoms with E-state index >= 15 is 0 Å². The van der Waals surface area contributed by atoms with Crippen molar-refractivity contribution >= 4 is 57.3 Å². The molecule has 1 fully saturated rings. The standard InChI is InChI=1S/C31H39N2P2Si2.C7H8.C4H8O.2HI.La/c1-36(2,3)32-34(28-19-11-7-12-20-28,29-21-13-8-14-22-29)27-35(33-37(4,5)6,30-23-15-9-16-24-30)31-25-17-10-18-26-31;1-7-5-3-2-4-6-7;1-2-4-5-3-1;;;/h7-27H,1-6H3;2-6H,1H3;1-4H2;2*1H;/q-1;;;;;+3/p-2. The Morgan fingerprint density at radius 1 is 0.538 bits per heavy atom. The maximum absolute atomic E-state index is 5.92. The van der Waals surface area contributed by atoms with Crippen LogP contribution in [-0.4, -0.2) is 35.2 Å². The molecule has 274 valence electrons. The molecule has 0 amide bonds. The molecule has 1 aliphatic heterocycles. The number of aryl methyl sites for hydroxylation is 1. The van der Waals surface area contributed by atoms with Gasteiger partial charge in [-0.3, -0.25) is 0 Å². The topological polar surface area (TPSA) is 35.7 Å². The number of rotatable bonds is 8. The Morgan fingerprint density at radius 2 is 0.865 bits per heavy atom. The summed E-state index contributed by atoms with van der Waals surface area (Å²) in [5.74, 6) is 0. The van der Waals surface area contributed by atoms with Crippen molar-refractivity contribution in [2.45, 2.75) is 59.0 Å². The first-order valence-electron chi connectivity index (χ1n) is 17.4. The normalized spacial score (nSPS) is 12.5. The summed E-state index contributed by atoms with van der Waals surface area (Å²) in [5, 5.41) is 5.24. The van der Waals surface area contributed by atoms with Crippen molar-refractivity contribution in [1.29, 1.82) is 0 Å². The third-order valence-corrected chi connectivity index (χ3v) is 22.0. The van der Waals surface area contributed by atoms with Gasteiger partial charge in [0.15, 0.2) is 8.24 Å². The van der Waals surface area contributed by atoms with Gasteiger partial charge in [-0.25, -0.2) is 0 Å². The first-order chi connectivity index (χ1) is 23.4. The molecule has 3 nitrogen and oxygen atoms in total. The summed E-state index contributed by atoms with van der Waals surface area (Å²) in [6.45, 7) is 18.3. The Hall–Kier alpha value is -0.361. The fourth-order valence-electron chi connectivity index (χ4n) is 5.70. The first kappa shape index (κ1) is 49.7. The molecule has 5 aromatic carbocycles. The van der Waals surface area contributed by atoms with Crippen molar-refractivity contribution in [3.05, 3.63) is 162 Å². The number of halogens is 2. The van der Waals surface area contributed by atoms with Crippen LogP contribution in [0.5, 0.6) is 0 Å². The molecule has 6 rings (SSSR count). The van der Waals surface area contributed by atoms with Crippen LogP contribution in [0.15, 0.2) is 156 Å². The van der Waals surface area contributed by atoms with Crippen LogP contribution in [-0.2, 0) is 4.74 Å². The van der Waals surface area contributed by atoms with E-state index in [1.54, 1.807) is 0 Å². The minimum Gasteiger partial charge on any atom is -1.00 e. The van der Waals surface area contributed by atoms with E-state index in [0.29, 0.717) is 0 Å². The van der Waals surface area contributed by atoms with Crippen LogP contribution in [0.25, 0.3) is 4.75 Å². The van der Waals surface area contributed by atoms with E-state index < -0.39 is 30.6 Å². The van der Waals surface area contributed by atoms with Crippen LogP contribution in [0.3, 0.4) is 0 Å². The van der Waals surface area contributed by atoms with Gasteiger partial charge in [-0.2, -0.15) is 0 Å². The minimum atomic E-state index is -2.32. The van der Waals surface area contributed by atoms with Crippen molar-refractivity contribution in [2.75, 3.05) is 13.2 Å². The van der Waals surface area contributed by atoms with Gasteiger partial charge in [-0.05, 0) is 41.0 Å². The smallest absolute Gasteiger partial charge is 1.00 e. The zero-order chi connectivity index (χ0) is 35.2. The van der Waals surface area contributed by atoms with E-state index in [1.165, 1.54) is 39.6 Å². The number of ether oxygens (including phenoxy) is 1. The summed E-state index contributed by atoms with van der Waals surface area (Å²) in [5.41, 5.74) is 4.01. The quantitative estimate of drug-likeness (QED) is 0.122. The summed E-state index contributed by atoms with van der Waals surface area (Å²) in [6, 6.07) is 54.4. The summed E-state index contributed by atoms with van der Waals surface area (Å²) in [6.07, 6.45) is 2.56. The number of nitrogens with zero attached hydrogens (tertiary/aromatic N) is 2. The molecule has 52 heavy (non-hydrogen) atoms. The Labute approximate surface area is 379 Å². The van der Waals surface area contributed by atoms with Gasteiger partial charge in [0.1, 0.15) is 0 Å². The van der Waals surface area contributed by atoms with Crippen molar-refractivity contribution in [2.24, 2.45) is 4.41 Å². The monoisotopic (exact) mass is 1110 g/mol. The molecular weight excluding hydrogens is 1060 g/mol. The van der Waals surface area contributed by atoms with Crippen LogP contribution in [0.1, 0.15) is 18.4 Å². The molecule has 10 heteroatoms. The Kier molecular flexibility index (Phi) is 23.2. The third kappa shape index (κ3) is 15.6. The fraction of sp³-hybridized carbons (Fsp3) is 0.262. The predicted molar refractivity (Wildman–Crippen MR) is 228 cm³/mol. The molecule has 0 aromatic heterocycles. The SMILES string of the molecule is C1CCOC1.C[Si](C)(C)N=P(C=P([N-][Si](C)(C)C)(c1ccccc1)c1ccccc1)(c1ccccc1)c1ccccc1.Cc1ccccc1.[I-].[I-].[La+3].